The molecular weight excluding hydrogens is 378 g/mol. The second-order valence-electron chi connectivity index (χ2n) is 7.11. The van der Waals surface area contributed by atoms with Crippen LogP contribution >= 0.6 is 0 Å². The average Bonchev–Trinajstić information content (AvgIpc) is 2.66. The minimum absolute atomic E-state index is 0.271. The first-order chi connectivity index (χ1) is 13.7. The van der Waals surface area contributed by atoms with E-state index in [1.807, 2.05) is 0 Å². The Balaban J connectivity index is 2.10. The summed E-state index contributed by atoms with van der Waals surface area (Å²) in [6, 6.07) is 3.04. The van der Waals surface area contributed by atoms with Gasteiger partial charge in [-0.15, -0.1) is 10.2 Å². The molecule has 0 aliphatic heterocycles. The molecule has 2 rings (SSSR count). The number of rotatable bonds is 7. The molecule has 0 saturated carbocycles. The van der Waals surface area contributed by atoms with Crippen LogP contribution < -0.4 is 24.8 Å². The first kappa shape index (κ1) is 22.0. The highest BCUT2D eigenvalue weighted by molar-refractivity contribution is 5.68. The highest BCUT2D eigenvalue weighted by Gasteiger charge is 2.19. The molecule has 158 valence electrons. The van der Waals surface area contributed by atoms with Gasteiger partial charge >= 0.3 is 6.09 Å². The lowest BCUT2D eigenvalue weighted by Crippen LogP contribution is -2.34. The van der Waals surface area contributed by atoms with E-state index in [-0.39, 0.29) is 5.95 Å². The number of aromatic nitrogens is 3. The van der Waals surface area contributed by atoms with E-state index in [2.05, 4.69) is 25.8 Å². The summed E-state index contributed by atoms with van der Waals surface area (Å²) in [7, 11) is 4.60. The van der Waals surface area contributed by atoms with E-state index in [1.54, 1.807) is 39.8 Å². The SMILES string of the molecule is COc1cc(Nc2ncc(C(C)NC(=O)OC(C)(C)C)nn2)cc(OC)c1OC. The van der Waals surface area contributed by atoms with Gasteiger partial charge in [0, 0.05) is 17.8 Å². The fraction of sp³-hybridized carbons (Fsp3) is 0.474. The lowest BCUT2D eigenvalue weighted by Gasteiger charge is -2.21. The van der Waals surface area contributed by atoms with Crippen molar-refractivity contribution in [2.45, 2.75) is 39.3 Å². The van der Waals surface area contributed by atoms with Crippen molar-refractivity contribution in [2.24, 2.45) is 0 Å². The lowest BCUT2D eigenvalue weighted by molar-refractivity contribution is 0.0506. The molecule has 0 aliphatic carbocycles. The number of ether oxygens (including phenoxy) is 4. The molecule has 10 heteroatoms. The highest BCUT2D eigenvalue weighted by atomic mass is 16.6. The summed E-state index contributed by atoms with van der Waals surface area (Å²) in [4.78, 5) is 16.1. The van der Waals surface area contributed by atoms with Gasteiger partial charge in [0.15, 0.2) is 11.5 Å². The molecule has 29 heavy (non-hydrogen) atoms. The first-order valence-electron chi connectivity index (χ1n) is 8.93. The Morgan fingerprint density at radius 3 is 2.10 bits per heavy atom. The van der Waals surface area contributed by atoms with Gasteiger partial charge < -0.3 is 29.6 Å². The monoisotopic (exact) mass is 405 g/mol. The number of carbonyl (C=O) groups is 1. The molecule has 1 amide bonds. The number of amides is 1. The van der Waals surface area contributed by atoms with Crippen LogP contribution in [0.25, 0.3) is 0 Å². The maximum absolute atomic E-state index is 11.9. The Hall–Kier alpha value is -3.30. The predicted molar refractivity (Wildman–Crippen MR) is 107 cm³/mol. The van der Waals surface area contributed by atoms with Gasteiger partial charge in [0.25, 0.3) is 0 Å². The van der Waals surface area contributed by atoms with Gasteiger partial charge in [0.1, 0.15) is 11.3 Å². The standard InChI is InChI=1S/C19H27N5O5/c1-11(21-18(25)29-19(2,3)4)13-10-20-17(24-23-13)22-12-8-14(26-5)16(28-7)15(9-12)27-6/h8-11H,1-7H3,(H,21,25)(H,20,22,24). The fourth-order valence-electron chi connectivity index (χ4n) is 2.38. The molecule has 2 N–H and O–H groups in total. The number of benzene rings is 1. The van der Waals surface area contributed by atoms with Crippen LogP contribution in [0.2, 0.25) is 0 Å². The number of methoxy groups -OCH3 is 3. The first-order valence-corrected chi connectivity index (χ1v) is 8.93. The molecule has 10 nitrogen and oxygen atoms in total. The number of anilines is 2. The third kappa shape index (κ3) is 6.09. The normalized spacial score (nSPS) is 12.0. The van der Waals surface area contributed by atoms with Crippen LogP contribution in [0.1, 0.15) is 39.4 Å². The maximum Gasteiger partial charge on any atom is 0.408 e. The molecule has 1 unspecified atom stereocenters. The molecule has 0 spiro atoms. The fourth-order valence-corrected chi connectivity index (χ4v) is 2.38. The largest absolute Gasteiger partial charge is 0.493 e. The van der Waals surface area contributed by atoms with Crippen molar-refractivity contribution in [1.29, 1.82) is 0 Å². The number of nitrogens with zero attached hydrogens (tertiary/aromatic N) is 3. The Kier molecular flexibility index (Phi) is 7.03. The molecule has 0 aliphatic rings. The number of alkyl carbamates (subject to hydrolysis) is 1. The molecule has 1 aromatic heterocycles. The van der Waals surface area contributed by atoms with E-state index in [1.165, 1.54) is 27.5 Å². The number of hydrogen-bond donors (Lipinski definition) is 2. The Morgan fingerprint density at radius 1 is 1.03 bits per heavy atom. The van der Waals surface area contributed by atoms with Gasteiger partial charge in [0.05, 0.1) is 33.6 Å². The number of carbonyl (C=O) groups excluding carboxylic acids is 1. The van der Waals surface area contributed by atoms with Gasteiger partial charge in [-0.25, -0.2) is 9.78 Å². The minimum Gasteiger partial charge on any atom is -0.493 e. The molecule has 1 aromatic carbocycles. The molecule has 1 heterocycles. The molecule has 0 radical (unpaired) electrons. The van der Waals surface area contributed by atoms with Gasteiger partial charge in [-0.2, -0.15) is 0 Å². The summed E-state index contributed by atoms with van der Waals surface area (Å²) >= 11 is 0. The van der Waals surface area contributed by atoms with Crippen molar-refractivity contribution in [3.63, 3.8) is 0 Å². The zero-order valence-electron chi connectivity index (χ0n) is 17.7. The van der Waals surface area contributed by atoms with E-state index >= 15 is 0 Å². The highest BCUT2D eigenvalue weighted by Crippen LogP contribution is 2.40. The molecule has 0 saturated heterocycles. The van der Waals surface area contributed by atoms with Crippen LogP contribution in [-0.4, -0.2) is 48.2 Å². The lowest BCUT2D eigenvalue weighted by atomic mass is 10.2. The van der Waals surface area contributed by atoms with Crippen molar-refractivity contribution in [1.82, 2.24) is 20.5 Å². The van der Waals surface area contributed by atoms with Crippen LogP contribution in [0.15, 0.2) is 18.3 Å². The molecular formula is C19H27N5O5. The van der Waals surface area contributed by atoms with E-state index in [4.69, 9.17) is 18.9 Å². The molecule has 2 aromatic rings. The summed E-state index contributed by atoms with van der Waals surface area (Å²) in [6.45, 7) is 7.15. The van der Waals surface area contributed by atoms with Crippen LogP contribution in [0, 0.1) is 0 Å². The Morgan fingerprint density at radius 2 is 1.66 bits per heavy atom. The second kappa shape index (κ2) is 9.26. The summed E-state index contributed by atoms with van der Waals surface area (Å²) in [5.41, 5.74) is 0.544. The van der Waals surface area contributed by atoms with Gasteiger partial charge in [-0.05, 0) is 27.7 Å². The van der Waals surface area contributed by atoms with Gasteiger partial charge in [0.2, 0.25) is 11.7 Å². The zero-order valence-corrected chi connectivity index (χ0v) is 17.7. The second-order valence-corrected chi connectivity index (χ2v) is 7.11. The van der Waals surface area contributed by atoms with Crippen LogP contribution in [0.4, 0.5) is 16.4 Å². The Bertz CT molecular complexity index is 811. The number of hydrogen-bond acceptors (Lipinski definition) is 9. The van der Waals surface area contributed by atoms with Crippen molar-refractivity contribution < 1.29 is 23.7 Å². The van der Waals surface area contributed by atoms with E-state index < -0.39 is 17.7 Å². The average molecular weight is 405 g/mol. The van der Waals surface area contributed by atoms with Crippen molar-refractivity contribution in [3.8, 4) is 17.2 Å². The molecule has 0 bridgehead atoms. The predicted octanol–water partition coefficient (Wildman–Crippen LogP) is 3.23. The maximum atomic E-state index is 11.9. The van der Waals surface area contributed by atoms with Crippen LogP contribution in [0.3, 0.4) is 0 Å². The summed E-state index contributed by atoms with van der Waals surface area (Å²) in [5.74, 6) is 1.74. The van der Waals surface area contributed by atoms with Gasteiger partial charge in [-0.1, -0.05) is 0 Å². The van der Waals surface area contributed by atoms with Gasteiger partial charge in [-0.3, -0.25) is 0 Å². The number of nitrogens with one attached hydrogen (secondary N) is 2. The van der Waals surface area contributed by atoms with Crippen molar-refractivity contribution in [3.05, 3.63) is 24.0 Å². The minimum atomic E-state index is -0.581. The van der Waals surface area contributed by atoms with Crippen LogP contribution in [0.5, 0.6) is 17.2 Å². The summed E-state index contributed by atoms with van der Waals surface area (Å²) in [5, 5.41) is 13.9. The zero-order chi connectivity index (χ0) is 21.6. The molecule has 0 fully saturated rings. The quantitative estimate of drug-likeness (QED) is 0.716. The van der Waals surface area contributed by atoms with E-state index in [0.29, 0.717) is 28.6 Å². The smallest absolute Gasteiger partial charge is 0.408 e. The summed E-state index contributed by atoms with van der Waals surface area (Å²) in [6.07, 6.45) is 0.987. The molecule has 1 atom stereocenters. The van der Waals surface area contributed by atoms with Crippen LogP contribution in [-0.2, 0) is 4.74 Å². The third-order valence-electron chi connectivity index (χ3n) is 3.68. The van der Waals surface area contributed by atoms with E-state index in [0.717, 1.165) is 0 Å². The summed E-state index contributed by atoms with van der Waals surface area (Å²) < 4.78 is 21.2. The van der Waals surface area contributed by atoms with E-state index in [9.17, 15) is 4.79 Å². The third-order valence-corrected chi connectivity index (χ3v) is 3.68. The van der Waals surface area contributed by atoms with Crippen molar-refractivity contribution >= 4 is 17.7 Å². The van der Waals surface area contributed by atoms with Crippen molar-refractivity contribution in [2.75, 3.05) is 26.6 Å². The topological polar surface area (TPSA) is 117 Å². The Labute approximate surface area is 169 Å².